The van der Waals surface area contributed by atoms with Gasteiger partial charge in [-0.3, -0.25) is 14.9 Å². The summed E-state index contributed by atoms with van der Waals surface area (Å²) in [5.74, 6) is 0.259. The second-order valence-electron chi connectivity index (χ2n) is 5.51. The third-order valence-corrected chi connectivity index (χ3v) is 4.89. The maximum Gasteiger partial charge on any atom is 0.269 e. The summed E-state index contributed by atoms with van der Waals surface area (Å²) in [6, 6.07) is 16.3. The number of nitrogens with one attached hydrogen (secondary N) is 1. The normalized spacial score (nSPS) is 13.1. The molecule has 24 heavy (non-hydrogen) atoms. The fourth-order valence-electron chi connectivity index (χ4n) is 2.30. The van der Waals surface area contributed by atoms with E-state index in [2.05, 4.69) is 5.32 Å². The van der Waals surface area contributed by atoms with Crippen LogP contribution in [0.2, 0.25) is 0 Å². The molecule has 0 aliphatic heterocycles. The van der Waals surface area contributed by atoms with Crippen molar-refractivity contribution in [1.29, 1.82) is 0 Å². The molecule has 6 heteroatoms. The minimum absolute atomic E-state index is 0.00248. The van der Waals surface area contributed by atoms with Gasteiger partial charge in [-0.2, -0.15) is 0 Å². The number of hydrogen-bond donors (Lipinski definition) is 1. The van der Waals surface area contributed by atoms with Crippen LogP contribution in [0.3, 0.4) is 0 Å². The maximum atomic E-state index is 12.1. The fourth-order valence-corrected chi connectivity index (χ4v) is 3.12. The molecule has 0 saturated carbocycles. The summed E-state index contributed by atoms with van der Waals surface area (Å²) in [4.78, 5) is 22.5. The van der Waals surface area contributed by atoms with Gasteiger partial charge in [0.25, 0.3) is 5.69 Å². The van der Waals surface area contributed by atoms with E-state index in [1.165, 1.54) is 17.8 Å². The van der Waals surface area contributed by atoms with Crippen molar-refractivity contribution >= 4 is 23.4 Å². The number of thioether (sulfide) groups is 1. The van der Waals surface area contributed by atoms with Crippen LogP contribution in [0.5, 0.6) is 0 Å². The molecule has 0 aliphatic rings. The van der Waals surface area contributed by atoms with Crippen LogP contribution in [-0.4, -0.2) is 16.6 Å². The van der Waals surface area contributed by atoms with Crippen molar-refractivity contribution in [3.05, 3.63) is 75.8 Å². The lowest BCUT2D eigenvalue weighted by molar-refractivity contribution is -0.384. The predicted molar refractivity (Wildman–Crippen MR) is 97.0 cm³/mol. The molecule has 0 aliphatic carbocycles. The van der Waals surface area contributed by atoms with E-state index in [-0.39, 0.29) is 22.9 Å². The molecule has 0 fully saturated rings. The Hall–Kier alpha value is -2.34. The second kappa shape index (κ2) is 8.49. The Labute approximate surface area is 145 Å². The van der Waals surface area contributed by atoms with Crippen molar-refractivity contribution in [2.45, 2.75) is 25.1 Å². The maximum absolute atomic E-state index is 12.1. The van der Waals surface area contributed by atoms with E-state index < -0.39 is 4.92 Å². The molecule has 1 N–H and O–H groups in total. The van der Waals surface area contributed by atoms with Crippen LogP contribution < -0.4 is 5.32 Å². The Balaban J connectivity index is 1.87. The van der Waals surface area contributed by atoms with Crippen LogP contribution in [-0.2, 0) is 4.79 Å². The first kappa shape index (κ1) is 18.0. The zero-order valence-electron chi connectivity index (χ0n) is 13.6. The molecule has 0 saturated heterocycles. The topological polar surface area (TPSA) is 72.2 Å². The fraction of sp³-hybridized carbons (Fsp3) is 0.278. The van der Waals surface area contributed by atoms with E-state index in [9.17, 15) is 14.9 Å². The molecule has 2 aromatic carbocycles. The Bertz CT molecular complexity index is 706. The smallest absolute Gasteiger partial charge is 0.269 e. The van der Waals surface area contributed by atoms with Gasteiger partial charge < -0.3 is 5.32 Å². The van der Waals surface area contributed by atoms with Crippen molar-refractivity contribution in [2.75, 3.05) is 5.75 Å². The predicted octanol–water partition coefficient (Wildman–Crippen LogP) is 4.27. The van der Waals surface area contributed by atoms with Crippen molar-refractivity contribution in [2.24, 2.45) is 0 Å². The molecule has 5 nitrogen and oxygen atoms in total. The largest absolute Gasteiger partial charge is 0.349 e. The molecular weight excluding hydrogens is 324 g/mol. The van der Waals surface area contributed by atoms with E-state index in [0.29, 0.717) is 5.75 Å². The number of rotatable bonds is 7. The van der Waals surface area contributed by atoms with Crippen molar-refractivity contribution in [1.82, 2.24) is 5.32 Å². The summed E-state index contributed by atoms with van der Waals surface area (Å²) in [6.45, 7) is 3.89. The lowest BCUT2D eigenvalue weighted by atomic mass is 10.1. The number of non-ortho nitro benzene ring substituents is 1. The first-order valence-electron chi connectivity index (χ1n) is 7.67. The Morgan fingerprint density at radius 3 is 2.46 bits per heavy atom. The summed E-state index contributed by atoms with van der Waals surface area (Å²) in [7, 11) is 0. The molecule has 2 atom stereocenters. The highest BCUT2D eigenvalue weighted by atomic mass is 32.2. The molecule has 0 spiro atoms. The number of amides is 1. The van der Waals surface area contributed by atoms with Gasteiger partial charge in [0, 0.05) is 17.4 Å². The molecule has 0 heterocycles. The van der Waals surface area contributed by atoms with Crippen LogP contribution in [0.1, 0.15) is 36.3 Å². The number of nitro benzene ring substituents is 1. The molecule has 0 aromatic heterocycles. The summed E-state index contributed by atoms with van der Waals surface area (Å²) >= 11 is 1.46. The van der Waals surface area contributed by atoms with Gasteiger partial charge in [-0.05, 0) is 25.0 Å². The Morgan fingerprint density at radius 1 is 1.12 bits per heavy atom. The van der Waals surface area contributed by atoms with E-state index in [0.717, 1.165) is 11.1 Å². The van der Waals surface area contributed by atoms with E-state index in [1.807, 2.05) is 50.2 Å². The zero-order valence-corrected chi connectivity index (χ0v) is 14.5. The van der Waals surface area contributed by atoms with Gasteiger partial charge in [-0.25, -0.2) is 0 Å². The molecular formula is C18H20N2O3S. The van der Waals surface area contributed by atoms with Gasteiger partial charge in [-0.15, -0.1) is 11.8 Å². The Morgan fingerprint density at radius 2 is 1.79 bits per heavy atom. The van der Waals surface area contributed by atoms with E-state index >= 15 is 0 Å². The average molecular weight is 344 g/mol. The van der Waals surface area contributed by atoms with E-state index in [4.69, 9.17) is 0 Å². The van der Waals surface area contributed by atoms with Crippen LogP contribution >= 0.6 is 11.8 Å². The van der Waals surface area contributed by atoms with Crippen LogP contribution in [0.4, 0.5) is 5.69 Å². The standard InChI is InChI=1S/C18H20N2O3S/c1-13(15-7-4-3-5-8-15)19-18(21)12-24-14(2)16-9-6-10-17(11-16)20(22)23/h3-11,13-14H,12H2,1-2H3,(H,19,21)/t13-,14+/m0/s1. The van der Waals surface area contributed by atoms with Gasteiger partial charge in [0.2, 0.25) is 5.91 Å². The third-order valence-electron chi connectivity index (χ3n) is 3.69. The second-order valence-corrected chi connectivity index (χ2v) is 6.83. The quantitative estimate of drug-likeness (QED) is 0.601. The summed E-state index contributed by atoms with van der Waals surface area (Å²) in [6.07, 6.45) is 0. The summed E-state index contributed by atoms with van der Waals surface area (Å²) in [5, 5.41) is 13.8. The number of hydrogen-bond acceptors (Lipinski definition) is 4. The van der Waals surface area contributed by atoms with Crippen molar-refractivity contribution in [3.8, 4) is 0 Å². The third kappa shape index (κ3) is 5.09. The highest BCUT2D eigenvalue weighted by Crippen LogP contribution is 2.30. The van der Waals surface area contributed by atoms with Crippen molar-refractivity contribution in [3.63, 3.8) is 0 Å². The molecule has 0 radical (unpaired) electrons. The summed E-state index contributed by atoms with van der Waals surface area (Å²) < 4.78 is 0. The van der Waals surface area contributed by atoms with Crippen LogP contribution in [0, 0.1) is 10.1 Å². The van der Waals surface area contributed by atoms with Gasteiger partial charge in [-0.1, -0.05) is 42.5 Å². The van der Waals surface area contributed by atoms with Crippen LogP contribution in [0.25, 0.3) is 0 Å². The molecule has 0 bridgehead atoms. The minimum Gasteiger partial charge on any atom is -0.349 e. The van der Waals surface area contributed by atoms with Crippen molar-refractivity contribution < 1.29 is 9.72 Å². The number of nitrogens with zero attached hydrogens (tertiary/aromatic N) is 1. The number of benzene rings is 2. The first-order valence-corrected chi connectivity index (χ1v) is 8.72. The molecule has 2 rings (SSSR count). The van der Waals surface area contributed by atoms with Gasteiger partial charge >= 0.3 is 0 Å². The highest BCUT2D eigenvalue weighted by molar-refractivity contribution is 8.00. The van der Waals surface area contributed by atoms with Crippen LogP contribution in [0.15, 0.2) is 54.6 Å². The lowest BCUT2D eigenvalue weighted by Crippen LogP contribution is -2.28. The highest BCUT2D eigenvalue weighted by Gasteiger charge is 2.14. The molecule has 1 amide bonds. The molecule has 0 unspecified atom stereocenters. The molecule has 2 aromatic rings. The number of carbonyl (C=O) groups excluding carboxylic acids is 1. The van der Waals surface area contributed by atoms with E-state index in [1.54, 1.807) is 12.1 Å². The number of nitro groups is 1. The van der Waals surface area contributed by atoms with Gasteiger partial charge in [0.1, 0.15) is 0 Å². The number of carbonyl (C=O) groups is 1. The Kier molecular flexibility index (Phi) is 6.37. The first-order chi connectivity index (χ1) is 11.5. The summed E-state index contributed by atoms with van der Waals surface area (Å²) in [5.41, 5.74) is 1.97. The minimum atomic E-state index is -0.408. The van der Waals surface area contributed by atoms with Gasteiger partial charge in [0.05, 0.1) is 16.7 Å². The zero-order chi connectivity index (χ0) is 17.5. The molecule has 126 valence electrons. The average Bonchev–Trinajstić information content (AvgIpc) is 2.60. The van der Waals surface area contributed by atoms with Gasteiger partial charge in [0.15, 0.2) is 0 Å². The SMILES string of the molecule is C[C@H](NC(=O)CS[C@H](C)c1cccc([N+](=O)[O-])c1)c1ccccc1. The monoisotopic (exact) mass is 344 g/mol. The lowest BCUT2D eigenvalue weighted by Gasteiger charge is -2.16.